The predicted molar refractivity (Wildman–Crippen MR) is 60.7 cm³/mol. The van der Waals surface area contributed by atoms with Crippen molar-refractivity contribution in [2.45, 2.75) is 6.18 Å². The molecule has 0 unspecified atom stereocenters. The maximum Gasteiger partial charge on any atom is 0.453 e. The maximum absolute atomic E-state index is 13.1. The van der Waals surface area contributed by atoms with Gasteiger partial charge in [-0.25, -0.2) is 4.39 Å². The lowest BCUT2D eigenvalue weighted by Gasteiger charge is -2.01. The zero-order valence-electron chi connectivity index (χ0n) is 9.39. The first-order valence-corrected chi connectivity index (χ1v) is 5.96. The molecule has 0 aliphatic carbocycles. The molecule has 0 atom stereocenters. The Labute approximate surface area is 112 Å². The second kappa shape index (κ2) is 4.13. The maximum atomic E-state index is 13.1. The van der Waals surface area contributed by atoms with Crippen LogP contribution >= 0.6 is 11.3 Å². The summed E-state index contributed by atoms with van der Waals surface area (Å²) in [5.41, 5.74) is -0.00590. The fraction of sp³-hybridized carbons (Fsp3) is 0.100. The lowest BCUT2D eigenvalue weighted by molar-refractivity contribution is -0.146. The summed E-state index contributed by atoms with van der Waals surface area (Å²) in [4.78, 5) is -0.101. The average molecular weight is 304 g/mol. The van der Waals surface area contributed by atoms with Crippen LogP contribution in [0.5, 0.6) is 5.75 Å². The van der Waals surface area contributed by atoms with Crippen LogP contribution in [0.3, 0.4) is 0 Å². The monoisotopic (exact) mass is 304 g/mol. The lowest BCUT2D eigenvalue weighted by Crippen LogP contribution is -2.11. The van der Waals surface area contributed by atoms with Crippen molar-refractivity contribution < 1.29 is 22.7 Å². The first kappa shape index (κ1) is 12.8. The number of nitrogens with zero attached hydrogens (tertiary/aromatic N) is 4. The quantitative estimate of drug-likeness (QED) is 0.702. The van der Waals surface area contributed by atoms with E-state index in [1.54, 1.807) is 0 Å². The van der Waals surface area contributed by atoms with Gasteiger partial charge < -0.3 is 5.11 Å². The van der Waals surface area contributed by atoms with E-state index in [0.29, 0.717) is 4.52 Å². The van der Waals surface area contributed by atoms with Crippen LogP contribution in [0.25, 0.3) is 15.5 Å². The van der Waals surface area contributed by atoms with Crippen molar-refractivity contribution in [3.05, 3.63) is 29.8 Å². The Balaban J connectivity index is 2.19. The first-order valence-electron chi connectivity index (χ1n) is 5.14. The predicted octanol–water partition coefficient (Wildman–Crippen LogP) is 2.72. The van der Waals surface area contributed by atoms with Crippen LogP contribution in [0.1, 0.15) is 5.82 Å². The molecule has 20 heavy (non-hydrogen) atoms. The average Bonchev–Trinajstić information content (AvgIpc) is 2.89. The third-order valence-electron chi connectivity index (χ3n) is 2.43. The summed E-state index contributed by atoms with van der Waals surface area (Å²) in [6.07, 6.45) is -4.70. The van der Waals surface area contributed by atoms with Crippen LogP contribution in [-0.4, -0.2) is 24.9 Å². The summed E-state index contributed by atoms with van der Waals surface area (Å²) >= 11 is 0.762. The molecule has 1 N–H and O–H groups in total. The summed E-state index contributed by atoms with van der Waals surface area (Å²) in [5, 5.41) is 19.7. The molecule has 0 aliphatic heterocycles. The van der Waals surface area contributed by atoms with E-state index in [4.69, 9.17) is 0 Å². The second-order valence-corrected chi connectivity index (χ2v) is 4.74. The van der Waals surface area contributed by atoms with Crippen molar-refractivity contribution in [2.24, 2.45) is 0 Å². The topological polar surface area (TPSA) is 63.3 Å². The van der Waals surface area contributed by atoms with Crippen LogP contribution in [0, 0.1) is 5.82 Å². The number of benzene rings is 1. The fourth-order valence-electron chi connectivity index (χ4n) is 1.58. The highest BCUT2D eigenvalue weighted by Gasteiger charge is 2.38. The molecule has 0 saturated carbocycles. The van der Waals surface area contributed by atoms with Gasteiger partial charge in [0.2, 0.25) is 4.96 Å². The molecule has 0 fully saturated rings. The van der Waals surface area contributed by atoms with Gasteiger partial charge in [0.05, 0.1) is 5.56 Å². The molecule has 1 aromatic carbocycles. The number of phenolic OH excluding ortho intramolecular Hbond substituents is 1. The van der Waals surface area contributed by atoms with Crippen molar-refractivity contribution in [3.8, 4) is 16.3 Å². The van der Waals surface area contributed by atoms with Crippen molar-refractivity contribution in [3.63, 3.8) is 0 Å². The first-order chi connectivity index (χ1) is 9.36. The van der Waals surface area contributed by atoms with Gasteiger partial charge in [0.1, 0.15) is 11.6 Å². The highest BCUT2D eigenvalue weighted by atomic mass is 32.1. The molecule has 2 heterocycles. The van der Waals surface area contributed by atoms with Gasteiger partial charge in [-0.2, -0.15) is 22.8 Å². The van der Waals surface area contributed by atoms with E-state index < -0.39 is 17.8 Å². The molecule has 0 aliphatic rings. The summed E-state index contributed by atoms with van der Waals surface area (Å²) < 4.78 is 51.6. The Kier molecular flexibility index (Phi) is 2.64. The SMILES string of the molecule is Oc1ccc(F)cc1-c1nn2c(C(F)(F)F)nnc2s1. The summed E-state index contributed by atoms with van der Waals surface area (Å²) in [6.45, 7) is 0. The van der Waals surface area contributed by atoms with Crippen LogP contribution in [0.15, 0.2) is 18.2 Å². The van der Waals surface area contributed by atoms with Crippen molar-refractivity contribution in [1.82, 2.24) is 19.8 Å². The van der Waals surface area contributed by atoms with E-state index in [1.807, 2.05) is 0 Å². The van der Waals surface area contributed by atoms with E-state index in [0.717, 1.165) is 29.5 Å². The number of aromatic nitrogens is 4. The van der Waals surface area contributed by atoms with Crippen LogP contribution in [0.4, 0.5) is 17.6 Å². The number of alkyl halides is 3. The minimum absolute atomic E-state index is 0.00590. The number of hydrogen-bond donors (Lipinski definition) is 1. The Morgan fingerprint density at radius 3 is 2.65 bits per heavy atom. The van der Waals surface area contributed by atoms with Gasteiger partial charge in [-0.3, -0.25) is 0 Å². The molecule has 0 amide bonds. The van der Waals surface area contributed by atoms with E-state index in [2.05, 4.69) is 15.3 Å². The van der Waals surface area contributed by atoms with Crippen molar-refractivity contribution >= 4 is 16.3 Å². The van der Waals surface area contributed by atoms with Gasteiger partial charge in [-0.05, 0) is 18.2 Å². The van der Waals surface area contributed by atoms with Crippen LogP contribution < -0.4 is 0 Å². The smallest absolute Gasteiger partial charge is 0.453 e. The number of hydrogen-bond acceptors (Lipinski definition) is 5. The molecular weight excluding hydrogens is 300 g/mol. The van der Waals surface area contributed by atoms with Crippen LogP contribution in [0.2, 0.25) is 0 Å². The van der Waals surface area contributed by atoms with Gasteiger partial charge in [0.25, 0.3) is 5.82 Å². The number of phenols is 1. The highest BCUT2D eigenvalue weighted by Crippen LogP contribution is 2.35. The molecule has 3 rings (SSSR count). The van der Waals surface area contributed by atoms with Gasteiger partial charge in [0, 0.05) is 0 Å². The molecule has 0 saturated heterocycles. The summed E-state index contributed by atoms with van der Waals surface area (Å²) in [5.74, 6) is -2.20. The molecule has 0 spiro atoms. The third kappa shape index (κ3) is 1.97. The number of rotatable bonds is 1. The lowest BCUT2D eigenvalue weighted by atomic mass is 10.2. The number of fused-ring (bicyclic) bond motifs is 1. The van der Waals surface area contributed by atoms with Crippen molar-refractivity contribution in [1.29, 1.82) is 0 Å². The minimum atomic E-state index is -4.70. The van der Waals surface area contributed by atoms with Gasteiger partial charge in [0.15, 0.2) is 5.01 Å². The number of aromatic hydroxyl groups is 1. The van der Waals surface area contributed by atoms with Crippen LogP contribution in [-0.2, 0) is 6.18 Å². The van der Waals surface area contributed by atoms with E-state index >= 15 is 0 Å². The second-order valence-electron chi connectivity index (χ2n) is 3.78. The molecule has 10 heteroatoms. The van der Waals surface area contributed by atoms with Crippen molar-refractivity contribution in [2.75, 3.05) is 0 Å². The molecule has 104 valence electrons. The Morgan fingerprint density at radius 1 is 1.20 bits per heavy atom. The van der Waals surface area contributed by atoms with E-state index in [9.17, 15) is 22.7 Å². The van der Waals surface area contributed by atoms with E-state index in [-0.39, 0.29) is 21.3 Å². The zero-order chi connectivity index (χ0) is 14.5. The third-order valence-corrected chi connectivity index (χ3v) is 3.37. The molecule has 0 radical (unpaired) electrons. The fourth-order valence-corrected chi connectivity index (χ4v) is 2.45. The molecule has 2 aromatic heterocycles. The highest BCUT2D eigenvalue weighted by molar-refractivity contribution is 7.19. The minimum Gasteiger partial charge on any atom is -0.507 e. The molecule has 3 aromatic rings. The van der Waals surface area contributed by atoms with Gasteiger partial charge in [-0.15, -0.1) is 10.2 Å². The Bertz CT molecular complexity index is 794. The Morgan fingerprint density at radius 2 is 1.95 bits per heavy atom. The zero-order valence-corrected chi connectivity index (χ0v) is 10.2. The molecular formula is C10H4F4N4OS. The standard InChI is InChI=1S/C10H4F4N4OS/c11-4-1-2-6(19)5(3-4)7-17-18-8(10(12,13)14)15-16-9(18)20-7/h1-3,19H. The number of halogens is 4. The molecule has 5 nitrogen and oxygen atoms in total. The Hall–Kier alpha value is -2.23. The normalized spacial score (nSPS) is 12.2. The largest absolute Gasteiger partial charge is 0.507 e. The summed E-state index contributed by atoms with van der Waals surface area (Å²) in [7, 11) is 0. The summed E-state index contributed by atoms with van der Waals surface area (Å²) in [6, 6.07) is 3.10. The molecule has 0 bridgehead atoms. The van der Waals surface area contributed by atoms with E-state index in [1.165, 1.54) is 0 Å². The van der Waals surface area contributed by atoms with Gasteiger partial charge >= 0.3 is 6.18 Å². The van der Waals surface area contributed by atoms with Gasteiger partial charge in [-0.1, -0.05) is 11.3 Å².